The number of methoxy groups -OCH3 is 1. The lowest BCUT2D eigenvalue weighted by molar-refractivity contribution is 0.190. The Hall–Kier alpha value is -3.08. The maximum Gasteiger partial charge on any atom is 0.412 e. The summed E-state index contributed by atoms with van der Waals surface area (Å²) in [6.45, 7) is 0.761. The fraction of sp³-hybridized carbons (Fsp3) is 0.423. The van der Waals surface area contributed by atoms with Crippen molar-refractivity contribution in [3.63, 3.8) is 0 Å². The number of ether oxygens (including phenoxy) is 4. The van der Waals surface area contributed by atoms with E-state index >= 15 is 0 Å². The van der Waals surface area contributed by atoms with E-state index in [2.05, 4.69) is 16.0 Å². The Morgan fingerprint density at radius 3 is 1.41 bits per heavy atom. The highest BCUT2D eigenvalue weighted by Crippen LogP contribution is 2.31. The molecule has 39 heavy (non-hydrogen) atoms. The fourth-order valence-electron chi connectivity index (χ4n) is 3.34. The van der Waals surface area contributed by atoms with Gasteiger partial charge in [-0.2, -0.15) is 0 Å². The van der Waals surface area contributed by atoms with Gasteiger partial charge >= 0.3 is 18.3 Å². The zero-order valence-corrected chi connectivity index (χ0v) is 23.8. The van der Waals surface area contributed by atoms with Crippen molar-refractivity contribution in [2.45, 2.75) is 25.7 Å². The van der Waals surface area contributed by atoms with E-state index in [0.717, 1.165) is 30.4 Å². The topological polar surface area (TPSA) is 124 Å². The number of carbonyl (C=O) groups excluding carboxylic acids is 3. The van der Waals surface area contributed by atoms with E-state index in [1.807, 2.05) is 12.1 Å². The zero-order chi connectivity index (χ0) is 28.5. The van der Waals surface area contributed by atoms with Crippen LogP contribution in [0.1, 0.15) is 24.0 Å². The number of unbranched alkanes of at least 4 members (excludes halogenated alkanes) is 1. The Bertz CT molecular complexity index is 1090. The standard InChI is InChI=1S/C26H32Cl3N3O7/c1-36-22-16-18(6-8-20(22)37-24(33)30-13-10-27)4-2-3-5-19-7-9-21(38-25(34)31-14-11-28)23(17-19)39-26(35)32-15-12-29/h6-9,16-17H,2-5,10-15H2,1H3,(H,30,33)(H,31,34)(H,32,35). The van der Waals surface area contributed by atoms with Crippen molar-refractivity contribution in [1.82, 2.24) is 16.0 Å². The first-order chi connectivity index (χ1) is 18.9. The molecule has 0 heterocycles. The van der Waals surface area contributed by atoms with Crippen LogP contribution in [0.5, 0.6) is 23.0 Å². The fourth-order valence-corrected chi connectivity index (χ4v) is 3.62. The number of rotatable bonds is 15. The van der Waals surface area contributed by atoms with E-state index in [0.29, 0.717) is 24.5 Å². The van der Waals surface area contributed by atoms with Gasteiger partial charge in [0.1, 0.15) is 0 Å². The molecule has 214 valence electrons. The van der Waals surface area contributed by atoms with E-state index in [4.69, 9.17) is 53.8 Å². The van der Waals surface area contributed by atoms with Crippen molar-refractivity contribution < 1.29 is 33.3 Å². The molecule has 0 fully saturated rings. The molecule has 0 aromatic heterocycles. The van der Waals surface area contributed by atoms with Crippen LogP contribution >= 0.6 is 34.8 Å². The van der Waals surface area contributed by atoms with Crippen LogP contribution in [-0.4, -0.2) is 62.7 Å². The van der Waals surface area contributed by atoms with Gasteiger partial charge in [-0.25, -0.2) is 14.4 Å². The second-order valence-corrected chi connectivity index (χ2v) is 9.12. The first-order valence-electron chi connectivity index (χ1n) is 12.2. The van der Waals surface area contributed by atoms with Crippen molar-refractivity contribution >= 4 is 53.1 Å². The summed E-state index contributed by atoms with van der Waals surface area (Å²) >= 11 is 16.8. The molecule has 0 bridgehead atoms. The molecule has 0 atom stereocenters. The first kappa shape index (κ1) is 32.1. The number of amides is 3. The first-order valence-corrected chi connectivity index (χ1v) is 13.8. The molecular formula is C26H32Cl3N3O7. The zero-order valence-electron chi connectivity index (χ0n) is 21.5. The number of halogens is 3. The van der Waals surface area contributed by atoms with Crippen LogP contribution in [0.4, 0.5) is 14.4 Å². The summed E-state index contributed by atoms with van der Waals surface area (Å²) in [6.07, 6.45) is 1.11. The van der Waals surface area contributed by atoms with Gasteiger partial charge in [0, 0.05) is 37.3 Å². The average molecular weight is 605 g/mol. The highest BCUT2D eigenvalue weighted by molar-refractivity contribution is 6.18. The largest absolute Gasteiger partial charge is 0.493 e. The number of alkyl halides is 3. The summed E-state index contributed by atoms with van der Waals surface area (Å²) in [5.74, 6) is 1.71. The molecule has 10 nitrogen and oxygen atoms in total. The van der Waals surface area contributed by atoms with Crippen LogP contribution in [0.2, 0.25) is 0 Å². The molecule has 0 aliphatic carbocycles. The van der Waals surface area contributed by atoms with E-state index in [1.165, 1.54) is 7.11 Å². The summed E-state index contributed by atoms with van der Waals surface area (Å²) in [7, 11) is 1.51. The SMILES string of the molecule is COc1cc(CCCCc2ccc(OC(=O)NCCCl)c(OC(=O)NCCCl)c2)ccc1OC(=O)NCCCl. The van der Waals surface area contributed by atoms with E-state index in [-0.39, 0.29) is 42.2 Å². The van der Waals surface area contributed by atoms with Crippen molar-refractivity contribution in [3.05, 3.63) is 47.5 Å². The average Bonchev–Trinajstić information content (AvgIpc) is 2.93. The molecule has 2 aromatic rings. The minimum atomic E-state index is -0.711. The number of nitrogens with one attached hydrogen (secondary N) is 3. The minimum absolute atomic E-state index is 0.0950. The van der Waals surface area contributed by atoms with Crippen LogP contribution in [0, 0.1) is 0 Å². The molecule has 13 heteroatoms. The second kappa shape index (κ2) is 18.3. The van der Waals surface area contributed by atoms with Gasteiger partial charge in [0.15, 0.2) is 23.0 Å². The lowest BCUT2D eigenvalue weighted by atomic mass is 10.0. The van der Waals surface area contributed by atoms with Crippen molar-refractivity contribution in [2.75, 3.05) is 44.4 Å². The molecule has 0 unspecified atom stereocenters. The molecule has 0 spiro atoms. The molecular weight excluding hydrogens is 573 g/mol. The highest BCUT2D eigenvalue weighted by atomic mass is 35.5. The number of benzene rings is 2. The second-order valence-electron chi connectivity index (χ2n) is 7.99. The predicted molar refractivity (Wildman–Crippen MR) is 150 cm³/mol. The van der Waals surface area contributed by atoms with Gasteiger partial charge in [0.25, 0.3) is 0 Å². The van der Waals surface area contributed by atoms with E-state index in [1.54, 1.807) is 24.3 Å². The van der Waals surface area contributed by atoms with Crippen molar-refractivity contribution in [1.29, 1.82) is 0 Å². The van der Waals surface area contributed by atoms with Crippen molar-refractivity contribution in [3.8, 4) is 23.0 Å². The monoisotopic (exact) mass is 603 g/mol. The van der Waals surface area contributed by atoms with Crippen LogP contribution in [-0.2, 0) is 12.8 Å². The third kappa shape index (κ3) is 12.1. The number of aryl methyl sites for hydroxylation is 2. The Kier molecular flexibility index (Phi) is 15.0. The van der Waals surface area contributed by atoms with Gasteiger partial charge in [0.2, 0.25) is 0 Å². The highest BCUT2D eigenvalue weighted by Gasteiger charge is 2.15. The number of hydrogen-bond donors (Lipinski definition) is 3. The third-order valence-corrected chi connectivity index (χ3v) is 5.68. The van der Waals surface area contributed by atoms with E-state index in [9.17, 15) is 14.4 Å². The van der Waals surface area contributed by atoms with Crippen LogP contribution in [0.3, 0.4) is 0 Å². The summed E-state index contributed by atoms with van der Waals surface area (Å²) in [4.78, 5) is 35.8. The van der Waals surface area contributed by atoms with Crippen molar-refractivity contribution in [2.24, 2.45) is 0 Å². The normalized spacial score (nSPS) is 10.4. The van der Waals surface area contributed by atoms with E-state index < -0.39 is 18.3 Å². The number of hydrogen-bond acceptors (Lipinski definition) is 7. The quantitative estimate of drug-likeness (QED) is 0.188. The molecule has 3 amide bonds. The maximum atomic E-state index is 12.1. The van der Waals surface area contributed by atoms with Crippen LogP contribution in [0.25, 0.3) is 0 Å². The van der Waals surface area contributed by atoms with Gasteiger partial charge in [0.05, 0.1) is 7.11 Å². The predicted octanol–water partition coefficient (Wildman–Crippen LogP) is 5.24. The Balaban J connectivity index is 1.98. The summed E-state index contributed by atoms with van der Waals surface area (Å²) in [5.41, 5.74) is 1.92. The Morgan fingerprint density at radius 2 is 1.00 bits per heavy atom. The smallest absolute Gasteiger partial charge is 0.412 e. The minimum Gasteiger partial charge on any atom is -0.493 e. The van der Waals surface area contributed by atoms with Crippen LogP contribution < -0.4 is 34.9 Å². The molecule has 0 aliphatic heterocycles. The molecule has 2 aromatic carbocycles. The molecule has 0 aliphatic rings. The lowest BCUT2D eigenvalue weighted by Gasteiger charge is -2.13. The Morgan fingerprint density at radius 1 is 0.615 bits per heavy atom. The van der Waals surface area contributed by atoms with Crippen LogP contribution in [0.15, 0.2) is 36.4 Å². The van der Waals surface area contributed by atoms with Gasteiger partial charge in [-0.1, -0.05) is 12.1 Å². The molecule has 0 saturated heterocycles. The number of carbonyl (C=O) groups is 3. The van der Waals surface area contributed by atoms with Gasteiger partial charge in [-0.15, -0.1) is 34.8 Å². The third-order valence-electron chi connectivity index (χ3n) is 5.12. The molecule has 3 N–H and O–H groups in total. The summed E-state index contributed by atoms with van der Waals surface area (Å²) < 4.78 is 21.3. The molecule has 0 radical (unpaired) electrons. The van der Waals surface area contributed by atoms with Gasteiger partial charge < -0.3 is 34.9 Å². The lowest BCUT2D eigenvalue weighted by Crippen LogP contribution is -2.30. The Labute approximate surface area is 242 Å². The maximum absolute atomic E-state index is 12.1. The summed E-state index contributed by atoms with van der Waals surface area (Å²) in [5, 5.41) is 7.52. The van der Waals surface area contributed by atoms with Gasteiger partial charge in [-0.3, -0.25) is 0 Å². The molecule has 2 rings (SSSR count). The summed E-state index contributed by atoms with van der Waals surface area (Å²) in [6, 6.07) is 10.4. The van der Waals surface area contributed by atoms with Gasteiger partial charge in [-0.05, 0) is 61.1 Å². The molecule has 0 saturated carbocycles.